The Bertz CT molecular complexity index is 2880. The maximum absolute atomic E-state index is 12.9. The molecule has 14 nitrogen and oxygen atoms in total. The maximum Gasteiger partial charge on any atom is 0.494 e. The molecule has 17 heteroatoms. The molecule has 8 aromatic rings. The number of ether oxygens (including phenoxy) is 2. The first kappa shape index (κ1) is 46.4. The average molecular weight is 1000 g/mol. The molecule has 0 bridgehead atoms. The van der Waals surface area contributed by atoms with Gasteiger partial charge in [-0.2, -0.15) is 0 Å². The second kappa shape index (κ2) is 20.3. The number of hydrogen-bond acceptors (Lipinski definition) is 12. The Morgan fingerprint density at radius 1 is 0.672 bits per heavy atom. The van der Waals surface area contributed by atoms with Crippen molar-refractivity contribution in [2.75, 3.05) is 14.2 Å². The topological polar surface area (TPSA) is 181 Å². The molecule has 0 spiro atoms. The molecule has 0 radical (unpaired) electrons. The van der Waals surface area contributed by atoms with Crippen molar-refractivity contribution in [2.24, 2.45) is 0 Å². The van der Waals surface area contributed by atoms with E-state index in [0.717, 1.165) is 60.2 Å². The van der Waals surface area contributed by atoms with E-state index >= 15 is 0 Å². The molecule has 2 N–H and O–H groups in total. The van der Waals surface area contributed by atoms with Gasteiger partial charge in [0, 0.05) is 52.1 Å². The van der Waals surface area contributed by atoms with E-state index in [-0.39, 0.29) is 35.1 Å². The summed E-state index contributed by atoms with van der Waals surface area (Å²) in [6.45, 7) is 11.6. The molecular formula is C44H45BBrIN6O8. The van der Waals surface area contributed by atoms with E-state index in [1.807, 2.05) is 100 Å². The summed E-state index contributed by atoms with van der Waals surface area (Å²) in [4.78, 5) is 34.1. The summed E-state index contributed by atoms with van der Waals surface area (Å²) in [5, 5.41) is 27.0. The van der Waals surface area contributed by atoms with Gasteiger partial charge in [0.2, 0.25) is 0 Å². The van der Waals surface area contributed by atoms with Gasteiger partial charge in [-0.1, -0.05) is 22.4 Å². The van der Waals surface area contributed by atoms with Gasteiger partial charge in [-0.25, -0.2) is 0 Å². The molecule has 0 saturated heterocycles. The number of benzene rings is 2. The second-order valence-electron chi connectivity index (χ2n) is 14.0. The van der Waals surface area contributed by atoms with E-state index in [1.165, 1.54) is 0 Å². The minimum Gasteiger partial charge on any atom is -0.496 e. The molecule has 8 rings (SSSR count). The van der Waals surface area contributed by atoms with E-state index in [1.54, 1.807) is 49.6 Å². The SMILES string of the molecule is COc1cc2c(cc1-c1c(C)noc1C)cc(C)c(=O)n2Cc1ccccn1.COc1cc2c(cc1Br)cc(C)c(=O)n2Cc1ccccn1.Cc1noc(C)c1B(O)O.I. The zero-order valence-electron chi connectivity index (χ0n) is 34.9. The summed E-state index contributed by atoms with van der Waals surface area (Å²) in [6, 6.07) is 23.0. The van der Waals surface area contributed by atoms with Crippen molar-refractivity contribution in [3.05, 3.63) is 156 Å². The lowest BCUT2D eigenvalue weighted by Crippen LogP contribution is -2.32. The molecule has 61 heavy (non-hydrogen) atoms. The molecule has 6 aromatic heterocycles. The molecule has 0 aliphatic rings. The van der Waals surface area contributed by atoms with E-state index in [0.29, 0.717) is 52.6 Å². The molecule has 2 aromatic carbocycles. The third-order valence-electron chi connectivity index (χ3n) is 9.88. The third-order valence-corrected chi connectivity index (χ3v) is 10.5. The number of fused-ring (bicyclic) bond motifs is 2. The lowest BCUT2D eigenvalue weighted by atomic mass is 9.79. The van der Waals surface area contributed by atoms with Crippen LogP contribution in [0.4, 0.5) is 0 Å². The zero-order chi connectivity index (χ0) is 43.2. The van der Waals surface area contributed by atoms with Gasteiger partial charge in [0.25, 0.3) is 11.1 Å². The Kier molecular flexibility index (Phi) is 15.4. The number of aromatic nitrogens is 6. The van der Waals surface area contributed by atoms with Crippen LogP contribution in [-0.2, 0) is 13.1 Å². The lowest BCUT2D eigenvalue weighted by Gasteiger charge is -2.15. The Labute approximate surface area is 377 Å². The maximum atomic E-state index is 12.9. The molecule has 6 heterocycles. The van der Waals surface area contributed by atoms with E-state index in [4.69, 9.17) is 24.0 Å². The molecule has 316 valence electrons. The third kappa shape index (κ3) is 10.3. The number of pyridine rings is 4. The van der Waals surface area contributed by atoms with E-state index < -0.39 is 7.12 Å². The highest BCUT2D eigenvalue weighted by molar-refractivity contribution is 14.0. The van der Waals surface area contributed by atoms with Gasteiger partial charge in [-0.05, 0) is 111 Å². The highest BCUT2D eigenvalue weighted by Gasteiger charge is 2.21. The summed E-state index contributed by atoms with van der Waals surface area (Å²) in [5.74, 6) is 2.55. The molecule has 0 amide bonds. The van der Waals surface area contributed by atoms with Crippen molar-refractivity contribution >= 4 is 74.3 Å². The van der Waals surface area contributed by atoms with Crippen molar-refractivity contribution < 1.29 is 28.6 Å². The zero-order valence-corrected chi connectivity index (χ0v) is 38.8. The van der Waals surface area contributed by atoms with Gasteiger partial charge in [0.05, 0.1) is 71.2 Å². The van der Waals surface area contributed by atoms with Gasteiger partial charge in [0.1, 0.15) is 23.0 Å². The fourth-order valence-corrected chi connectivity index (χ4v) is 7.47. The van der Waals surface area contributed by atoms with Crippen LogP contribution in [0, 0.1) is 41.5 Å². The highest BCUT2D eigenvalue weighted by atomic mass is 127. The number of methoxy groups -OCH3 is 2. The Morgan fingerprint density at radius 2 is 1.16 bits per heavy atom. The van der Waals surface area contributed by atoms with Crippen molar-refractivity contribution in [3.8, 4) is 22.6 Å². The van der Waals surface area contributed by atoms with E-state index in [2.05, 4.69) is 40.7 Å². The van der Waals surface area contributed by atoms with Crippen LogP contribution in [0.25, 0.3) is 32.9 Å². The summed E-state index contributed by atoms with van der Waals surface area (Å²) < 4.78 is 25.4. The largest absolute Gasteiger partial charge is 0.496 e. The Balaban J connectivity index is 0.000000190. The number of halogens is 2. The van der Waals surface area contributed by atoms with Crippen LogP contribution < -0.4 is 26.1 Å². The second-order valence-corrected chi connectivity index (χ2v) is 14.9. The quantitative estimate of drug-likeness (QED) is 0.116. The van der Waals surface area contributed by atoms with E-state index in [9.17, 15) is 9.59 Å². The number of nitrogens with zero attached hydrogens (tertiary/aromatic N) is 6. The highest BCUT2D eigenvalue weighted by Crippen LogP contribution is 2.37. The Hall–Kier alpha value is -5.63. The minimum atomic E-state index is -1.48. The number of hydrogen-bond donors (Lipinski definition) is 2. The summed E-state index contributed by atoms with van der Waals surface area (Å²) in [5.41, 5.74) is 8.14. The van der Waals surface area contributed by atoms with Crippen LogP contribution in [0.3, 0.4) is 0 Å². The number of rotatable bonds is 8. The van der Waals surface area contributed by atoms with Gasteiger partial charge in [-0.3, -0.25) is 19.6 Å². The van der Waals surface area contributed by atoms with Gasteiger partial charge in [-0.15, -0.1) is 24.0 Å². The molecule has 0 atom stereocenters. The minimum absolute atomic E-state index is 0. The van der Waals surface area contributed by atoms with Crippen molar-refractivity contribution in [1.29, 1.82) is 0 Å². The molecule has 0 aliphatic heterocycles. The lowest BCUT2D eigenvalue weighted by molar-refractivity contribution is 0.392. The fraction of sp³-hybridized carbons (Fsp3) is 0.227. The molecule has 0 saturated carbocycles. The van der Waals surface area contributed by atoms with Gasteiger partial charge < -0.3 is 37.7 Å². The average Bonchev–Trinajstić information content (AvgIpc) is 3.76. The monoisotopic (exact) mass is 1000 g/mol. The first-order valence-corrected chi connectivity index (χ1v) is 19.6. The van der Waals surface area contributed by atoms with Gasteiger partial charge >= 0.3 is 7.12 Å². The Morgan fingerprint density at radius 3 is 1.57 bits per heavy atom. The molecule has 0 fully saturated rings. The first-order valence-electron chi connectivity index (χ1n) is 18.8. The first-order chi connectivity index (χ1) is 28.7. The van der Waals surface area contributed by atoms with Gasteiger partial charge in [0.15, 0.2) is 0 Å². The summed E-state index contributed by atoms with van der Waals surface area (Å²) >= 11 is 3.49. The van der Waals surface area contributed by atoms with Crippen LogP contribution in [0.5, 0.6) is 11.5 Å². The summed E-state index contributed by atoms with van der Waals surface area (Å²) in [6.07, 6.45) is 3.46. The van der Waals surface area contributed by atoms with Crippen molar-refractivity contribution in [2.45, 2.75) is 54.6 Å². The standard InChI is InChI=1S/C22H21N3O3.C17H15BrN2O2.C5H8BNO3.HI/c1-13-9-16-10-18(21-14(2)24-28-15(21)3)20(27-4)11-19(16)25(22(13)26)12-17-7-5-6-8-23-17;1-11-7-12-8-14(18)16(22-2)9-15(12)20(17(11)21)10-13-5-3-4-6-19-13;1-3-5(6(8)9)4(2)10-7-3;/h5-11H,12H2,1-4H3;3-9H,10H2,1-2H3;8-9H,1-2H3;1H. The molecular weight excluding hydrogens is 958 g/mol. The number of aryl methyl sites for hydroxylation is 6. The van der Waals surface area contributed by atoms with Crippen molar-refractivity contribution in [3.63, 3.8) is 0 Å². The van der Waals surface area contributed by atoms with Crippen LogP contribution in [-0.4, -0.2) is 60.8 Å². The van der Waals surface area contributed by atoms with Crippen LogP contribution in [0.1, 0.15) is 45.4 Å². The van der Waals surface area contributed by atoms with Crippen molar-refractivity contribution in [1.82, 2.24) is 29.4 Å². The normalized spacial score (nSPS) is 10.7. The summed E-state index contributed by atoms with van der Waals surface area (Å²) in [7, 11) is 1.76. The predicted octanol–water partition coefficient (Wildman–Crippen LogP) is 7.15. The molecule has 0 aliphatic carbocycles. The van der Waals surface area contributed by atoms with Crippen LogP contribution in [0.2, 0.25) is 0 Å². The fourth-order valence-electron chi connectivity index (χ4n) is 6.95. The van der Waals surface area contributed by atoms with Crippen LogP contribution in [0.15, 0.2) is 108 Å². The predicted molar refractivity (Wildman–Crippen MR) is 250 cm³/mol. The molecule has 0 unspecified atom stereocenters. The van der Waals surface area contributed by atoms with Crippen LogP contribution >= 0.6 is 39.9 Å². The smallest absolute Gasteiger partial charge is 0.494 e.